The molecule has 6 nitrogen and oxygen atoms in total. The molecule has 1 N–H and O–H groups in total. The third-order valence-corrected chi connectivity index (χ3v) is 3.44. The number of aromatic nitrogens is 1. The molecule has 1 aromatic heterocycles. The molecule has 1 atom stereocenters. The van der Waals surface area contributed by atoms with Crippen LogP contribution in [0.5, 0.6) is 5.75 Å². The fourth-order valence-corrected chi connectivity index (χ4v) is 1.88. The zero-order valence-corrected chi connectivity index (χ0v) is 13.4. The highest BCUT2D eigenvalue weighted by atomic mass is 19.1. The number of benzene rings is 1. The summed E-state index contributed by atoms with van der Waals surface area (Å²) in [6.07, 6.45) is 0. The third-order valence-electron chi connectivity index (χ3n) is 3.44. The summed E-state index contributed by atoms with van der Waals surface area (Å²) in [7, 11) is 1.82. The number of carbonyl (C=O) groups is 1. The molecule has 1 aromatic carbocycles. The molecule has 0 unspecified atom stereocenters. The fraction of sp³-hybridized carbons (Fsp3) is 0.375. The van der Waals surface area contributed by atoms with Gasteiger partial charge in [0, 0.05) is 12.6 Å². The minimum absolute atomic E-state index is 0.189. The van der Waals surface area contributed by atoms with Crippen LogP contribution in [-0.4, -0.2) is 42.2 Å². The van der Waals surface area contributed by atoms with Crippen LogP contribution >= 0.6 is 0 Å². The first-order valence-electron chi connectivity index (χ1n) is 7.28. The monoisotopic (exact) mass is 321 g/mol. The average Bonchev–Trinajstić information content (AvgIpc) is 2.93. The van der Waals surface area contributed by atoms with Gasteiger partial charge in [-0.25, -0.2) is 4.39 Å². The van der Waals surface area contributed by atoms with Gasteiger partial charge < -0.3 is 9.26 Å². The predicted molar refractivity (Wildman–Crippen MR) is 83.9 cm³/mol. The van der Waals surface area contributed by atoms with E-state index in [1.54, 1.807) is 32.0 Å². The zero-order chi connectivity index (χ0) is 16.8. The van der Waals surface area contributed by atoms with Crippen LogP contribution in [0.4, 0.5) is 10.3 Å². The van der Waals surface area contributed by atoms with Gasteiger partial charge in [-0.2, -0.15) is 0 Å². The van der Waals surface area contributed by atoms with Crippen LogP contribution in [0.2, 0.25) is 0 Å². The number of nitrogens with zero attached hydrogens (tertiary/aromatic N) is 2. The quantitative estimate of drug-likeness (QED) is 0.848. The SMILES string of the molecule is Cc1cc(NC(=O)[C@H](C)N(C)CCOc2ccc(F)cc2)on1. The smallest absolute Gasteiger partial charge is 0.243 e. The van der Waals surface area contributed by atoms with E-state index in [4.69, 9.17) is 9.26 Å². The van der Waals surface area contributed by atoms with Crippen LogP contribution in [0.25, 0.3) is 0 Å². The standard InChI is InChI=1S/C16H20FN3O3/c1-11-10-15(23-19-11)18-16(21)12(2)20(3)8-9-22-14-6-4-13(17)5-7-14/h4-7,10,12H,8-9H2,1-3H3,(H,18,21)/t12-/m0/s1. The molecule has 0 radical (unpaired) electrons. The molecule has 7 heteroatoms. The number of ether oxygens (including phenoxy) is 1. The van der Waals surface area contributed by atoms with E-state index >= 15 is 0 Å². The minimum Gasteiger partial charge on any atom is -0.492 e. The predicted octanol–water partition coefficient (Wildman–Crippen LogP) is 2.46. The Morgan fingerprint density at radius 2 is 2.13 bits per heavy atom. The normalized spacial score (nSPS) is 12.2. The fourth-order valence-electron chi connectivity index (χ4n) is 1.88. The van der Waals surface area contributed by atoms with E-state index in [0.717, 1.165) is 0 Å². The first kappa shape index (κ1) is 17.0. The lowest BCUT2D eigenvalue weighted by atomic mass is 10.2. The maximum absolute atomic E-state index is 12.8. The van der Waals surface area contributed by atoms with Crippen molar-refractivity contribution in [2.45, 2.75) is 19.9 Å². The summed E-state index contributed by atoms with van der Waals surface area (Å²) in [6, 6.07) is 7.11. The Bertz CT molecular complexity index is 642. The molecule has 124 valence electrons. The number of nitrogens with one attached hydrogen (secondary N) is 1. The molecule has 0 bridgehead atoms. The van der Waals surface area contributed by atoms with Gasteiger partial charge in [-0.1, -0.05) is 5.16 Å². The number of aryl methyl sites for hydroxylation is 1. The molecule has 2 aromatic rings. The number of rotatable bonds is 7. The maximum Gasteiger partial charge on any atom is 0.243 e. The maximum atomic E-state index is 12.8. The molecule has 0 aliphatic carbocycles. The van der Waals surface area contributed by atoms with Crippen molar-refractivity contribution in [2.24, 2.45) is 0 Å². The molecule has 0 spiro atoms. The van der Waals surface area contributed by atoms with E-state index in [1.807, 2.05) is 11.9 Å². The number of hydrogen-bond donors (Lipinski definition) is 1. The van der Waals surface area contributed by atoms with E-state index in [2.05, 4.69) is 10.5 Å². The lowest BCUT2D eigenvalue weighted by Gasteiger charge is -2.23. The van der Waals surface area contributed by atoms with Gasteiger partial charge >= 0.3 is 0 Å². The second-order valence-electron chi connectivity index (χ2n) is 5.28. The van der Waals surface area contributed by atoms with Crippen LogP contribution in [0.15, 0.2) is 34.9 Å². The van der Waals surface area contributed by atoms with E-state index in [9.17, 15) is 9.18 Å². The number of amides is 1. The third kappa shape index (κ3) is 5.07. The van der Waals surface area contributed by atoms with Gasteiger partial charge in [0.15, 0.2) is 0 Å². The van der Waals surface area contributed by atoms with Crippen molar-refractivity contribution < 1.29 is 18.4 Å². The van der Waals surface area contributed by atoms with Crippen molar-refractivity contribution in [3.63, 3.8) is 0 Å². The van der Waals surface area contributed by atoms with E-state index < -0.39 is 0 Å². The van der Waals surface area contributed by atoms with Gasteiger partial charge in [0.05, 0.1) is 11.7 Å². The molecular weight excluding hydrogens is 301 g/mol. The molecule has 0 aliphatic rings. The molecule has 1 amide bonds. The summed E-state index contributed by atoms with van der Waals surface area (Å²) >= 11 is 0. The Hall–Kier alpha value is -2.41. The van der Waals surface area contributed by atoms with Gasteiger partial charge in [0.25, 0.3) is 0 Å². The highest BCUT2D eigenvalue weighted by Gasteiger charge is 2.19. The summed E-state index contributed by atoms with van der Waals surface area (Å²) in [5, 5.41) is 6.38. The first-order valence-corrected chi connectivity index (χ1v) is 7.28. The van der Waals surface area contributed by atoms with Gasteiger partial charge in [-0.3, -0.25) is 15.0 Å². The average molecular weight is 321 g/mol. The highest BCUT2D eigenvalue weighted by molar-refractivity contribution is 5.93. The lowest BCUT2D eigenvalue weighted by molar-refractivity contribution is -0.120. The number of hydrogen-bond acceptors (Lipinski definition) is 5. The van der Waals surface area contributed by atoms with Gasteiger partial charge in [-0.15, -0.1) is 0 Å². The molecule has 23 heavy (non-hydrogen) atoms. The van der Waals surface area contributed by atoms with Crippen LogP contribution < -0.4 is 10.1 Å². The van der Waals surface area contributed by atoms with E-state index in [0.29, 0.717) is 30.5 Å². The Morgan fingerprint density at radius 3 is 2.74 bits per heavy atom. The topological polar surface area (TPSA) is 67.6 Å². The van der Waals surface area contributed by atoms with Crippen molar-refractivity contribution in [3.8, 4) is 5.75 Å². The number of halogens is 1. The van der Waals surface area contributed by atoms with Crippen LogP contribution in [0, 0.1) is 12.7 Å². The Labute approximate surface area is 134 Å². The van der Waals surface area contributed by atoms with Crippen molar-refractivity contribution in [2.75, 3.05) is 25.5 Å². The molecule has 0 saturated carbocycles. The van der Waals surface area contributed by atoms with E-state index in [1.165, 1.54) is 12.1 Å². The van der Waals surface area contributed by atoms with Crippen molar-refractivity contribution >= 4 is 11.8 Å². The van der Waals surface area contributed by atoms with Gasteiger partial charge in [0.2, 0.25) is 11.8 Å². The van der Waals surface area contributed by atoms with E-state index in [-0.39, 0.29) is 17.8 Å². The summed E-state index contributed by atoms with van der Waals surface area (Å²) in [6.45, 7) is 4.50. The number of anilines is 1. The molecule has 0 aliphatic heterocycles. The lowest BCUT2D eigenvalue weighted by Crippen LogP contribution is -2.41. The van der Waals surface area contributed by atoms with Crippen LogP contribution in [0.1, 0.15) is 12.6 Å². The van der Waals surface area contributed by atoms with Crippen molar-refractivity contribution in [1.29, 1.82) is 0 Å². The second-order valence-corrected chi connectivity index (χ2v) is 5.28. The van der Waals surface area contributed by atoms with Crippen molar-refractivity contribution in [3.05, 3.63) is 41.8 Å². The Balaban J connectivity index is 1.76. The van der Waals surface area contributed by atoms with Gasteiger partial charge in [-0.05, 0) is 45.2 Å². The molecular formula is C16H20FN3O3. The molecule has 1 heterocycles. The zero-order valence-electron chi connectivity index (χ0n) is 13.4. The van der Waals surface area contributed by atoms with Crippen LogP contribution in [0.3, 0.4) is 0 Å². The Morgan fingerprint density at radius 1 is 1.43 bits per heavy atom. The second kappa shape index (κ2) is 7.73. The first-order chi connectivity index (χ1) is 11.0. The minimum atomic E-state index is -0.364. The summed E-state index contributed by atoms with van der Waals surface area (Å²) in [5.74, 6) is 0.428. The summed E-state index contributed by atoms with van der Waals surface area (Å²) < 4.78 is 23.3. The molecule has 2 rings (SSSR count). The Kier molecular flexibility index (Phi) is 5.70. The molecule has 0 saturated heterocycles. The largest absolute Gasteiger partial charge is 0.492 e. The number of carbonyl (C=O) groups excluding carboxylic acids is 1. The summed E-state index contributed by atoms with van der Waals surface area (Å²) in [4.78, 5) is 14.0. The van der Waals surface area contributed by atoms with Crippen molar-refractivity contribution in [1.82, 2.24) is 10.1 Å². The summed E-state index contributed by atoms with van der Waals surface area (Å²) in [5.41, 5.74) is 0.703. The van der Waals surface area contributed by atoms with Gasteiger partial charge in [0.1, 0.15) is 18.2 Å². The van der Waals surface area contributed by atoms with Crippen LogP contribution in [-0.2, 0) is 4.79 Å². The number of likely N-dealkylation sites (N-methyl/N-ethyl adjacent to an activating group) is 1. The highest BCUT2D eigenvalue weighted by Crippen LogP contribution is 2.12. The molecule has 0 fully saturated rings.